The highest BCUT2D eigenvalue weighted by molar-refractivity contribution is 5.85. The van der Waals surface area contributed by atoms with Gasteiger partial charge in [-0.25, -0.2) is 0 Å². The number of nitrogens with two attached hydrogens (primary N) is 1. The number of rotatable bonds is 3. The molecule has 21 heavy (non-hydrogen) atoms. The van der Waals surface area contributed by atoms with Crippen LogP contribution in [0.5, 0.6) is 0 Å². The molecule has 2 atom stereocenters. The quantitative estimate of drug-likeness (QED) is 0.902. The molecule has 3 nitrogen and oxygen atoms in total. The number of nitrogens with one attached hydrogen (secondary N) is 1. The summed E-state index contributed by atoms with van der Waals surface area (Å²) in [6.07, 6.45) is 5.15. The average molecular weight is 309 g/mol. The highest BCUT2D eigenvalue weighted by Gasteiger charge is 2.44. The predicted molar refractivity (Wildman–Crippen MR) is 87.6 cm³/mol. The fourth-order valence-electron chi connectivity index (χ4n) is 3.40. The van der Waals surface area contributed by atoms with E-state index in [2.05, 4.69) is 36.5 Å². The van der Waals surface area contributed by atoms with E-state index < -0.39 is 0 Å². The second-order valence-corrected chi connectivity index (χ2v) is 6.43. The van der Waals surface area contributed by atoms with E-state index in [9.17, 15) is 4.79 Å². The summed E-state index contributed by atoms with van der Waals surface area (Å²) in [5, 5.41) is 3.23. The van der Waals surface area contributed by atoms with Crippen LogP contribution in [0.2, 0.25) is 0 Å². The molecule has 0 spiro atoms. The number of hydrogen-bond acceptors (Lipinski definition) is 2. The van der Waals surface area contributed by atoms with Crippen LogP contribution in [0, 0.1) is 12.8 Å². The zero-order chi connectivity index (χ0) is 14.1. The summed E-state index contributed by atoms with van der Waals surface area (Å²) in [6, 6.07) is 9.10. The van der Waals surface area contributed by atoms with E-state index in [-0.39, 0.29) is 24.2 Å². The Morgan fingerprint density at radius 3 is 2.52 bits per heavy atom. The highest BCUT2D eigenvalue weighted by Crippen LogP contribution is 2.48. The number of amides is 1. The van der Waals surface area contributed by atoms with Gasteiger partial charge in [0.05, 0.1) is 0 Å². The molecule has 1 aromatic rings. The van der Waals surface area contributed by atoms with Crippen LogP contribution in [0.15, 0.2) is 24.3 Å². The van der Waals surface area contributed by atoms with E-state index in [1.165, 1.54) is 11.1 Å². The van der Waals surface area contributed by atoms with Gasteiger partial charge in [0.1, 0.15) is 0 Å². The van der Waals surface area contributed by atoms with Gasteiger partial charge in [0.2, 0.25) is 5.91 Å². The monoisotopic (exact) mass is 308 g/mol. The number of aryl methyl sites for hydroxylation is 1. The lowest BCUT2D eigenvalue weighted by Gasteiger charge is -2.26. The molecular weight excluding hydrogens is 284 g/mol. The Bertz CT molecular complexity index is 497. The molecule has 0 bridgehead atoms. The van der Waals surface area contributed by atoms with E-state index in [0.717, 1.165) is 32.1 Å². The Morgan fingerprint density at radius 2 is 1.86 bits per heavy atom. The van der Waals surface area contributed by atoms with Crippen molar-refractivity contribution in [2.45, 2.75) is 57.0 Å². The lowest BCUT2D eigenvalue weighted by atomic mass is 9.91. The normalized spacial score (nSPS) is 31.1. The highest BCUT2D eigenvalue weighted by atomic mass is 35.5. The van der Waals surface area contributed by atoms with Gasteiger partial charge in [-0.15, -0.1) is 12.4 Å². The minimum Gasteiger partial charge on any atom is -0.353 e. The second-order valence-electron chi connectivity index (χ2n) is 6.43. The van der Waals surface area contributed by atoms with Crippen molar-refractivity contribution in [3.05, 3.63) is 35.4 Å². The first-order valence-electron chi connectivity index (χ1n) is 7.76. The lowest BCUT2D eigenvalue weighted by Crippen LogP contribution is -2.41. The van der Waals surface area contributed by atoms with Gasteiger partial charge >= 0.3 is 0 Å². The molecule has 3 N–H and O–H groups in total. The van der Waals surface area contributed by atoms with Crippen LogP contribution in [-0.4, -0.2) is 18.0 Å². The Kier molecular flexibility index (Phi) is 5.28. The van der Waals surface area contributed by atoms with Crippen molar-refractivity contribution >= 4 is 18.3 Å². The van der Waals surface area contributed by atoms with Gasteiger partial charge in [-0.3, -0.25) is 4.79 Å². The Labute approximate surface area is 133 Å². The molecule has 0 saturated heterocycles. The first-order valence-corrected chi connectivity index (χ1v) is 7.76. The minimum absolute atomic E-state index is 0. The third-order valence-corrected chi connectivity index (χ3v) is 4.83. The van der Waals surface area contributed by atoms with Crippen LogP contribution in [0.3, 0.4) is 0 Å². The van der Waals surface area contributed by atoms with E-state index in [4.69, 9.17) is 5.73 Å². The van der Waals surface area contributed by atoms with Crippen LogP contribution < -0.4 is 11.1 Å². The van der Waals surface area contributed by atoms with Gasteiger partial charge in [-0.05, 0) is 56.1 Å². The van der Waals surface area contributed by atoms with Crippen molar-refractivity contribution < 1.29 is 4.79 Å². The summed E-state index contributed by atoms with van der Waals surface area (Å²) in [6.45, 7) is 2.13. The third kappa shape index (κ3) is 3.78. The molecule has 1 amide bonds. The molecule has 116 valence electrons. The molecule has 2 unspecified atom stereocenters. The first-order chi connectivity index (χ1) is 9.65. The van der Waals surface area contributed by atoms with Crippen LogP contribution in [0.1, 0.15) is 49.1 Å². The van der Waals surface area contributed by atoms with Gasteiger partial charge in [0.25, 0.3) is 0 Å². The number of hydrogen-bond donors (Lipinski definition) is 2. The lowest BCUT2D eigenvalue weighted by molar-refractivity contribution is -0.123. The number of carbonyl (C=O) groups is 1. The molecule has 0 aromatic heterocycles. The molecule has 2 aliphatic carbocycles. The summed E-state index contributed by atoms with van der Waals surface area (Å²) in [5.74, 6) is 0.868. The van der Waals surface area contributed by atoms with Gasteiger partial charge < -0.3 is 11.1 Å². The smallest absolute Gasteiger partial charge is 0.223 e. The van der Waals surface area contributed by atoms with E-state index >= 15 is 0 Å². The molecule has 2 saturated carbocycles. The summed E-state index contributed by atoms with van der Waals surface area (Å²) in [4.78, 5) is 12.3. The maximum absolute atomic E-state index is 12.3. The fourth-order valence-corrected chi connectivity index (χ4v) is 3.40. The van der Waals surface area contributed by atoms with Gasteiger partial charge in [0, 0.05) is 18.0 Å². The zero-order valence-corrected chi connectivity index (χ0v) is 13.4. The SMILES string of the molecule is Cc1ccccc1C1CC1C(=O)NC1CCC(N)CC1.Cl. The van der Waals surface area contributed by atoms with Crippen molar-refractivity contribution in [2.75, 3.05) is 0 Å². The summed E-state index contributed by atoms with van der Waals surface area (Å²) < 4.78 is 0. The van der Waals surface area contributed by atoms with Crippen LogP contribution in [0.4, 0.5) is 0 Å². The molecular formula is C17H25ClN2O. The number of halogens is 1. The standard InChI is InChI=1S/C17H24N2O.ClH/c1-11-4-2-3-5-14(11)15-10-16(15)17(20)19-13-8-6-12(18)7-9-13;/h2-5,12-13,15-16H,6-10,18H2,1H3,(H,19,20);1H. The van der Waals surface area contributed by atoms with Crippen molar-refractivity contribution in [1.29, 1.82) is 0 Å². The van der Waals surface area contributed by atoms with Crippen molar-refractivity contribution in [3.8, 4) is 0 Å². The molecule has 1 aromatic carbocycles. The molecule has 2 aliphatic rings. The fraction of sp³-hybridized carbons (Fsp3) is 0.588. The summed E-state index contributed by atoms with van der Waals surface area (Å²) in [5.41, 5.74) is 8.55. The van der Waals surface area contributed by atoms with Crippen molar-refractivity contribution in [3.63, 3.8) is 0 Å². The molecule has 0 aliphatic heterocycles. The zero-order valence-electron chi connectivity index (χ0n) is 12.5. The summed E-state index contributed by atoms with van der Waals surface area (Å²) >= 11 is 0. The molecule has 4 heteroatoms. The van der Waals surface area contributed by atoms with Gasteiger partial charge in [-0.2, -0.15) is 0 Å². The van der Waals surface area contributed by atoms with Crippen molar-refractivity contribution in [1.82, 2.24) is 5.32 Å². The van der Waals surface area contributed by atoms with E-state index in [1.54, 1.807) is 0 Å². The second kappa shape index (κ2) is 6.80. The largest absolute Gasteiger partial charge is 0.353 e. The van der Waals surface area contributed by atoms with Gasteiger partial charge in [0.15, 0.2) is 0 Å². The molecule has 2 fully saturated rings. The minimum atomic E-state index is 0. The van der Waals surface area contributed by atoms with Crippen molar-refractivity contribution in [2.24, 2.45) is 11.7 Å². The van der Waals surface area contributed by atoms with Crippen LogP contribution in [0.25, 0.3) is 0 Å². The maximum atomic E-state index is 12.3. The predicted octanol–water partition coefficient (Wildman–Crippen LogP) is 2.91. The number of benzene rings is 1. The average Bonchev–Trinajstić information content (AvgIpc) is 3.22. The number of carbonyl (C=O) groups excluding carboxylic acids is 1. The third-order valence-electron chi connectivity index (χ3n) is 4.83. The Morgan fingerprint density at radius 1 is 1.19 bits per heavy atom. The Hall–Kier alpha value is -1.06. The Balaban J connectivity index is 0.00000161. The van der Waals surface area contributed by atoms with Gasteiger partial charge in [-0.1, -0.05) is 24.3 Å². The molecule has 3 rings (SSSR count). The van der Waals surface area contributed by atoms with Crippen LogP contribution >= 0.6 is 12.4 Å². The summed E-state index contributed by atoms with van der Waals surface area (Å²) in [7, 11) is 0. The maximum Gasteiger partial charge on any atom is 0.223 e. The molecule has 0 radical (unpaired) electrons. The molecule has 0 heterocycles. The van der Waals surface area contributed by atoms with E-state index in [1.807, 2.05) is 0 Å². The van der Waals surface area contributed by atoms with Crippen LogP contribution in [-0.2, 0) is 4.79 Å². The topological polar surface area (TPSA) is 55.1 Å². The first kappa shape index (κ1) is 16.3. The van der Waals surface area contributed by atoms with E-state index in [0.29, 0.717) is 18.0 Å².